The summed E-state index contributed by atoms with van der Waals surface area (Å²) in [6, 6.07) is -1.90. The van der Waals surface area contributed by atoms with Gasteiger partial charge in [0, 0.05) is 13.7 Å². The second-order valence-corrected chi connectivity index (χ2v) is 3.49. The van der Waals surface area contributed by atoms with Crippen molar-refractivity contribution in [3.05, 3.63) is 0 Å². The highest BCUT2D eigenvalue weighted by Crippen LogP contribution is 1.92. The number of carbonyl (C=O) groups is 2. The number of carbonyl (C=O) groups excluding carboxylic acids is 1. The first-order valence-corrected chi connectivity index (χ1v) is 4.88. The highest BCUT2D eigenvalue weighted by molar-refractivity contribution is 5.82. The van der Waals surface area contributed by atoms with Crippen molar-refractivity contribution in [1.82, 2.24) is 10.6 Å². The summed E-state index contributed by atoms with van der Waals surface area (Å²) in [6.45, 7) is 2.11. The van der Waals surface area contributed by atoms with Crippen LogP contribution in [0.3, 0.4) is 0 Å². The van der Waals surface area contributed by atoms with Crippen molar-refractivity contribution in [1.29, 1.82) is 0 Å². The van der Waals surface area contributed by atoms with Crippen LogP contribution >= 0.6 is 0 Å². The predicted octanol–water partition coefficient (Wildman–Crippen LogP) is -0.986. The summed E-state index contributed by atoms with van der Waals surface area (Å²) >= 11 is 0. The second-order valence-electron chi connectivity index (χ2n) is 3.49. The molecular formula is C9H18N2O5. The van der Waals surface area contributed by atoms with Crippen LogP contribution in [-0.4, -0.2) is 55.1 Å². The fourth-order valence-corrected chi connectivity index (χ4v) is 1.01. The van der Waals surface area contributed by atoms with Crippen molar-refractivity contribution in [2.45, 2.75) is 13.0 Å². The van der Waals surface area contributed by atoms with E-state index in [1.807, 2.05) is 6.92 Å². The molecule has 0 spiro atoms. The molecule has 0 aromatic carbocycles. The number of hydrogen-bond donors (Lipinski definition) is 4. The Balaban J connectivity index is 3.85. The third-order valence-corrected chi connectivity index (χ3v) is 1.85. The average Bonchev–Trinajstić information content (AvgIpc) is 2.23. The van der Waals surface area contributed by atoms with E-state index in [4.69, 9.17) is 14.9 Å². The highest BCUT2D eigenvalue weighted by atomic mass is 16.5. The Kier molecular flexibility index (Phi) is 7.23. The van der Waals surface area contributed by atoms with E-state index < -0.39 is 24.6 Å². The van der Waals surface area contributed by atoms with Crippen molar-refractivity contribution in [2.24, 2.45) is 5.92 Å². The van der Waals surface area contributed by atoms with Gasteiger partial charge in [0.25, 0.3) is 0 Å². The summed E-state index contributed by atoms with van der Waals surface area (Å²) in [5.41, 5.74) is 0. The average molecular weight is 234 g/mol. The highest BCUT2D eigenvalue weighted by Gasteiger charge is 2.18. The number of urea groups is 1. The van der Waals surface area contributed by atoms with Crippen LogP contribution in [0.1, 0.15) is 6.92 Å². The number of nitrogens with one attached hydrogen (secondary N) is 2. The molecule has 7 nitrogen and oxygen atoms in total. The third-order valence-electron chi connectivity index (χ3n) is 1.85. The number of hydrogen-bond acceptors (Lipinski definition) is 4. The Bertz CT molecular complexity index is 234. The monoisotopic (exact) mass is 234 g/mol. The molecule has 0 aliphatic carbocycles. The molecule has 0 aliphatic heterocycles. The number of ether oxygens (including phenoxy) is 1. The second kappa shape index (κ2) is 7.89. The fraction of sp³-hybridized carbons (Fsp3) is 0.778. The van der Waals surface area contributed by atoms with Gasteiger partial charge in [-0.15, -0.1) is 0 Å². The minimum Gasteiger partial charge on any atom is -0.480 e. The number of carboxylic acid groups (broad SMARTS) is 1. The normalized spacial score (nSPS) is 13.9. The molecule has 4 N–H and O–H groups in total. The summed E-state index contributed by atoms with van der Waals surface area (Å²) < 4.78 is 4.87. The number of aliphatic hydroxyl groups excluding tert-OH is 1. The van der Waals surface area contributed by atoms with Gasteiger partial charge in [-0.05, 0) is 5.92 Å². The van der Waals surface area contributed by atoms with Gasteiger partial charge in [0.2, 0.25) is 0 Å². The van der Waals surface area contributed by atoms with E-state index in [9.17, 15) is 9.59 Å². The van der Waals surface area contributed by atoms with Crippen molar-refractivity contribution in [3.63, 3.8) is 0 Å². The first-order valence-electron chi connectivity index (χ1n) is 4.88. The molecule has 0 rings (SSSR count). The molecule has 2 amide bonds. The van der Waals surface area contributed by atoms with Gasteiger partial charge in [-0.2, -0.15) is 0 Å². The Morgan fingerprint density at radius 2 is 2.06 bits per heavy atom. The van der Waals surface area contributed by atoms with Crippen LogP contribution in [0.4, 0.5) is 4.79 Å². The van der Waals surface area contributed by atoms with E-state index in [0.717, 1.165) is 0 Å². The minimum atomic E-state index is -1.28. The van der Waals surface area contributed by atoms with Crippen molar-refractivity contribution < 1.29 is 24.5 Å². The number of amides is 2. The van der Waals surface area contributed by atoms with Crippen LogP contribution in [0, 0.1) is 5.92 Å². The van der Waals surface area contributed by atoms with Crippen molar-refractivity contribution in [2.75, 3.05) is 26.9 Å². The molecule has 7 heteroatoms. The van der Waals surface area contributed by atoms with Gasteiger partial charge in [0.05, 0.1) is 13.2 Å². The maximum atomic E-state index is 11.2. The van der Waals surface area contributed by atoms with Crippen LogP contribution < -0.4 is 10.6 Å². The zero-order valence-electron chi connectivity index (χ0n) is 9.40. The number of aliphatic carboxylic acids is 1. The lowest BCUT2D eigenvalue weighted by atomic mass is 10.2. The predicted molar refractivity (Wildman–Crippen MR) is 56.1 cm³/mol. The van der Waals surface area contributed by atoms with Gasteiger partial charge in [0.15, 0.2) is 6.04 Å². The van der Waals surface area contributed by atoms with E-state index >= 15 is 0 Å². The topological polar surface area (TPSA) is 108 Å². The Morgan fingerprint density at radius 3 is 2.50 bits per heavy atom. The lowest BCUT2D eigenvalue weighted by Crippen LogP contribution is -2.48. The van der Waals surface area contributed by atoms with Gasteiger partial charge in [-0.3, -0.25) is 0 Å². The molecule has 0 aromatic heterocycles. The first-order chi connectivity index (χ1) is 7.51. The molecule has 94 valence electrons. The quantitative estimate of drug-likeness (QED) is 0.452. The minimum absolute atomic E-state index is 0.133. The zero-order chi connectivity index (χ0) is 12.6. The summed E-state index contributed by atoms with van der Waals surface area (Å²) in [4.78, 5) is 21.7. The molecule has 0 radical (unpaired) electrons. The maximum Gasteiger partial charge on any atom is 0.328 e. The molecule has 16 heavy (non-hydrogen) atoms. The molecule has 2 unspecified atom stereocenters. The van der Waals surface area contributed by atoms with E-state index in [1.54, 1.807) is 7.11 Å². The van der Waals surface area contributed by atoms with Gasteiger partial charge in [-0.1, -0.05) is 6.92 Å². The summed E-state index contributed by atoms with van der Waals surface area (Å²) in [5.74, 6) is -1.14. The number of rotatable bonds is 7. The van der Waals surface area contributed by atoms with Gasteiger partial charge in [-0.25, -0.2) is 9.59 Å². The molecule has 0 saturated carbocycles. The molecule has 0 heterocycles. The van der Waals surface area contributed by atoms with Gasteiger partial charge >= 0.3 is 12.0 Å². The van der Waals surface area contributed by atoms with E-state index in [-0.39, 0.29) is 5.92 Å². The first kappa shape index (κ1) is 14.7. The van der Waals surface area contributed by atoms with E-state index in [0.29, 0.717) is 13.2 Å². The van der Waals surface area contributed by atoms with Crippen LogP contribution in [0.5, 0.6) is 0 Å². The lowest BCUT2D eigenvalue weighted by molar-refractivity contribution is -0.140. The smallest absolute Gasteiger partial charge is 0.328 e. The van der Waals surface area contributed by atoms with Crippen LogP contribution in [0.2, 0.25) is 0 Å². The summed E-state index contributed by atoms with van der Waals surface area (Å²) in [5, 5.41) is 21.8. The summed E-state index contributed by atoms with van der Waals surface area (Å²) in [6.07, 6.45) is 0. The maximum absolute atomic E-state index is 11.2. The zero-order valence-corrected chi connectivity index (χ0v) is 9.40. The Labute approximate surface area is 93.8 Å². The van der Waals surface area contributed by atoms with Gasteiger partial charge in [0.1, 0.15) is 0 Å². The van der Waals surface area contributed by atoms with Crippen LogP contribution in [-0.2, 0) is 9.53 Å². The molecule has 0 aliphatic rings. The Morgan fingerprint density at radius 1 is 1.44 bits per heavy atom. The molecule has 0 bridgehead atoms. The summed E-state index contributed by atoms with van der Waals surface area (Å²) in [7, 11) is 1.56. The van der Waals surface area contributed by atoms with E-state index in [1.165, 1.54) is 0 Å². The third kappa shape index (κ3) is 6.20. The molecule has 0 aromatic rings. The molecule has 2 atom stereocenters. The van der Waals surface area contributed by atoms with Crippen molar-refractivity contribution in [3.8, 4) is 0 Å². The van der Waals surface area contributed by atoms with E-state index in [2.05, 4.69) is 10.6 Å². The molecular weight excluding hydrogens is 216 g/mol. The number of carboxylic acids is 1. The standard InChI is InChI=1S/C9H18N2O5/c1-6(5-16-2)3-10-9(15)11-7(4-12)8(13)14/h6-7,12H,3-5H2,1-2H3,(H,13,14)(H2,10,11,15). The van der Waals surface area contributed by atoms with Gasteiger partial charge < -0.3 is 25.6 Å². The fourth-order valence-electron chi connectivity index (χ4n) is 1.01. The number of aliphatic hydroxyl groups is 1. The Hall–Kier alpha value is -1.34. The number of methoxy groups -OCH3 is 1. The van der Waals surface area contributed by atoms with Crippen molar-refractivity contribution >= 4 is 12.0 Å². The lowest BCUT2D eigenvalue weighted by Gasteiger charge is -2.15. The largest absolute Gasteiger partial charge is 0.480 e. The molecule has 0 saturated heterocycles. The van der Waals surface area contributed by atoms with Crippen LogP contribution in [0.15, 0.2) is 0 Å². The van der Waals surface area contributed by atoms with Crippen LogP contribution in [0.25, 0.3) is 0 Å². The molecule has 0 fully saturated rings. The SMILES string of the molecule is COCC(C)CNC(=O)NC(CO)C(=O)O.